The number of aliphatic hydroxyl groups is 1. The van der Waals surface area contributed by atoms with Crippen LogP contribution in [-0.4, -0.2) is 44.9 Å². The first-order valence-corrected chi connectivity index (χ1v) is 5.13. The van der Waals surface area contributed by atoms with E-state index in [0.717, 1.165) is 17.1 Å². The quantitative estimate of drug-likeness (QED) is 0.820. The van der Waals surface area contributed by atoms with E-state index in [1.54, 1.807) is 14.2 Å². The summed E-state index contributed by atoms with van der Waals surface area (Å²) in [5.41, 5.74) is 0.954. The molecule has 1 rings (SSSR count). The maximum atomic E-state index is 9.37. The highest BCUT2D eigenvalue weighted by Crippen LogP contribution is 2.31. The average molecular weight is 225 g/mol. The second kappa shape index (κ2) is 5.72. The molecule has 16 heavy (non-hydrogen) atoms. The van der Waals surface area contributed by atoms with Gasteiger partial charge in [-0.2, -0.15) is 0 Å². The molecule has 0 radical (unpaired) electrons. The molecule has 4 nitrogen and oxygen atoms in total. The van der Waals surface area contributed by atoms with Crippen LogP contribution < -0.4 is 9.47 Å². The first-order valence-electron chi connectivity index (χ1n) is 5.13. The molecular weight excluding hydrogens is 206 g/mol. The summed E-state index contributed by atoms with van der Waals surface area (Å²) in [6.45, 7) is 0.0513. The van der Waals surface area contributed by atoms with E-state index in [1.165, 1.54) is 0 Å². The molecule has 90 valence electrons. The fourth-order valence-electron chi connectivity index (χ4n) is 1.63. The zero-order valence-corrected chi connectivity index (χ0v) is 10.2. The minimum Gasteiger partial charge on any atom is -0.497 e. The lowest BCUT2D eigenvalue weighted by atomic mass is 10.1. The summed E-state index contributed by atoms with van der Waals surface area (Å²) in [5, 5.41) is 9.37. The van der Waals surface area contributed by atoms with E-state index in [4.69, 9.17) is 9.47 Å². The Bertz CT molecular complexity index is 339. The second-order valence-electron chi connectivity index (χ2n) is 3.77. The van der Waals surface area contributed by atoms with E-state index in [2.05, 4.69) is 0 Å². The van der Waals surface area contributed by atoms with E-state index < -0.39 is 0 Å². The van der Waals surface area contributed by atoms with Crippen molar-refractivity contribution in [1.29, 1.82) is 0 Å². The third kappa shape index (κ3) is 2.65. The number of hydrogen-bond donors (Lipinski definition) is 1. The highest BCUT2D eigenvalue weighted by atomic mass is 16.5. The van der Waals surface area contributed by atoms with Gasteiger partial charge in [0.1, 0.15) is 11.5 Å². The van der Waals surface area contributed by atoms with Gasteiger partial charge in [0.05, 0.1) is 26.9 Å². The lowest BCUT2D eigenvalue weighted by molar-refractivity contribution is 0.168. The van der Waals surface area contributed by atoms with Gasteiger partial charge in [0.25, 0.3) is 0 Å². The van der Waals surface area contributed by atoms with Crippen LogP contribution in [-0.2, 0) is 0 Å². The van der Waals surface area contributed by atoms with Crippen molar-refractivity contribution >= 4 is 0 Å². The van der Waals surface area contributed by atoms with Crippen LogP contribution in [0.4, 0.5) is 0 Å². The molecule has 1 aromatic rings. The van der Waals surface area contributed by atoms with Crippen molar-refractivity contribution in [2.24, 2.45) is 0 Å². The summed E-state index contributed by atoms with van der Waals surface area (Å²) in [6.07, 6.45) is 0. The van der Waals surface area contributed by atoms with Crippen molar-refractivity contribution in [2.45, 2.75) is 6.04 Å². The van der Waals surface area contributed by atoms with E-state index in [1.807, 2.05) is 37.2 Å². The molecule has 0 saturated heterocycles. The molecule has 1 N–H and O–H groups in total. The van der Waals surface area contributed by atoms with E-state index in [0.29, 0.717) is 0 Å². The van der Waals surface area contributed by atoms with Crippen molar-refractivity contribution in [2.75, 3.05) is 34.9 Å². The van der Waals surface area contributed by atoms with Gasteiger partial charge in [0.2, 0.25) is 0 Å². The van der Waals surface area contributed by atoms with Crippen molar-refractivity contribution in [3.8, 4) is 11.5 Å². The number of nitrogens with zero attached hydrogens (tertiary/aromatic N) is 1. The Labute approximate surface area is 96.4 Å². The predicted molar refractivity (Wildman–Crippen MR) is 63.1 cm³/mol. The first-order chi connectivity index (χ1) is 7.63. The summed E-state index contributed by atoms with van der Waals surface area (Å²) in [7, 11) is 7.07. The summed E-state index contributed by atoms with van der Waals surface area (Å²) in [4.78, 5) is 1.95. The number of hydrogen-bond acceptors (Lipinski definition) is 4. The zero-order chi connectivity index (χ0) is 12.1. The summed E-state index contributed by atoms with van der Waals surface area (Å²) >= 11 is 0. The van der Waals surface area contributed by atoms with Crippen LogP contribution in [0.1, 0.15) is 11.6 Å². The molecule has 0 aliphatic heterocycles. The van der Waals surface area contributed by atoms with E-state index >= 15 is 0 Å². The molecular formula is C12H19NO3. The van der Waals surface area contributed by atoms with Crippen molar-refractivity contribution in [3.63, 3.8) is 0 Å². The van der Waals surface area contributed by atoms with Gasteiger partial charge in [-0.3, -0.25) is 0 Å². The smallest absolute Gasteiger partial charge is 0.127 e. The van der Waals surface area contributed by atoms with Crippen LogP contribution in [0.25, 0.3) is 0 Å². The molecule has 1 aromatic carbocycles. The Morgan fingerprint density at radius 2 is 1.94 bits per heavy atom. The molecule has 0 amide bonds. The van der Waals surface area contributed by atoms with Gasteiger partial charge in [-0.05, 0) is 26.2 Å². The lowest BCUT2D eigenvalue weighted by Gasteiger charge is -2.24. The molecule has 0 aliphatic rings. The van der Waals surface area contributed by atoms with Gasteiger partial charge < -0.3 is 19.5 Å². The minimum absolute atomic E-state index is 0.0513. The maximum Gasteiger partial charge on any atom is 0.127 e. The zero-order valence-electron chi connectivity index (χ0n) is 10.2. The van der Waals surface area contributed by atoms with Crippen LogP contribution in [0.2, 0.25) is 0 Å². The van der Waals surface area contributed by atoms with Gasteiger partial charge >= 0.3 is 0 Å². The van der Waals surface area contributed by atoms with Crippen LogP contribution in [0.3, 0.4) is 0 Å². The van der Waals surface area contributed by atoms with E-state index in [9.17, 15) is 5.11 Å². The van der Waals surface area contributed by atoms with Gasteiger partial charge in [0, 0.05) is 11.6 Å². The molecule has 1 unspecified atom stereocenters. The monoisotopic (exact) mass is 225 g/mol. The predicted octanol–water partition coefficient (Wildman–Crippen LogP) is 1.30. The first kappa shape index (κ1) is 12.8. The van der Waals surface area contributed by atoms with Crippen LogP contribution >= 0.6 is 0 Å². The average Bonchev–Trinajstić information content (AvgIpc) is 2.29. The lowest BCUT2D eigenvalue weighted by Crippen LogP contribution is -2.23. The maximum absolute atomic E-state index is 9.37. The van der Waals surface area contributed by atoms with Gasteiger partial charge in [-0.15, -0.1) is 0 Å². The molecule has 0 spiro atoms. The highest BCUT2D eigenvalue weighted by molar-refractivity contribution is 5.42. The largest absolute Gasteiger partial charge is 0.497 e. The van der Waals surface area contributed by atoms with E-state index in [-0.39, 0.29) is 12.6 Å². The molecule has 0 aliphatic carbocycles. The number of rotatable bonds is 5. The van der Waals surface area contributed by atoms with Crippen LogP contribution in [0.15, 0.2) is 18.2 Å². The summed E-state index contributed by atoms with van der Waals surface area (Å²) in [5.74, 6) is 1.48. The third-order valence-electron chi connectivity index (χ3n) is 2.60. The third-order valence-corrected chi connectivity index (χ3v) is 2.60. The Balaban J connectivity index is 3.11. The van der Waals surface area contributed by atoms with Crippen molar-refractivity contribution in [3.05, 3.63) is 23.8 Å². The van der Waals surface area contributed by atoms with Crippen LogP contribution in [0, 0.1) is 0 Å². The Hall–Kier alpha value is -1.26. The van der Waals surface area contributed by atoms with Crippen molar-refractivity contribution < 1.29 is 14.6 Å². The summed E-state index contributed by atoms with van der Waals surface area (Å²) < 4.78 is 10.4. The number of ether oxygens (including phenoxy) is 2. The van der Waals surface area contributed by atoms with Crippen molar-refractivity contribution in [1.82, 2.24) is 4.90 Å². The number of methoxy groups -OCH3 is 2. The van der Waals surface area contributed by atoms with Gasteiger partial charge in [-0.1, -0.05) is 0 Å². The number of likely N-dealkylation sites (N-methyl/N-ethyl adjacent to an activating group) is 1. The SMILES string of the molecule is COc1ccc(C(CO)N(C)C)c(OC)c1. The summed E-state index contributed by atoms with van der Waals surface area (Å²) in [6, 6.07) is 5.53. The standard InChI is InChI=1S/C12H19NO3/c1-13(2)11(8-14)10-6-5-9(15-3)7-12(10)16-4/h5-7,11,14H,8H2,1-4H3. The molecule has 4 heteroatoms. The fraction of sp³-hybridized carbons (Fsp3) is 0.500. The number of aliphatic hydroxyl groups excluding tert-OH is 1. The van der Waals surface area contributed by atoms with Gasteiger partial charge in [0.15, 0.2) is 0 Å². The Kier molecular flexibility index (Phi) is 4.58. The molecule has 0 fully saturated rings. The molecule has 0 bridgehead atoms. The molecule has 0 saturated carbocycles. The molecule has 1 atom stereocenters. The Morgan fingerprint density at radius 1 is 1.25 bits per heavy atom. The normalized spacial score (nSPS) is 12.6. The number of benzene rings is 1. The second-order valence-corrected chi connectivity index (χ2v) is 3.77. The topological polar surface area (TPSA) is 41.9 Å². The molecule has 0 heterocycles. The molecule has 0 aromatic heterocycles. The van der Waals surface area contributed by atoms with Crippen LogP contribution in [0.5, 0.6) is 11.5 Å². The van der Waals surface area contributed by atoms with Gasteiger partial charge in [-0.25, -0.2) is 0 Å². The minimum atomic E-state index is -0.0687. The highest BCUT2D eigenvalue weighted by Gasteiger charge is 2.17. The fourth-order valence-corrected chi connectivity index (χ4v) is 1.63. The Morgan fingerprint density at radius 3 is 2.38 bits per heavy atom.